The Balaban J connectivity index is 0.00000169. The molecule has 0 aromatic carbocycles. The molecule has 0 aromatic rings. The highest BCUT2D eigenvalue weighted by Gasteiger charge is 2.08. The van der Waals surface area contributed by atoms with Gasteiger partial charge in [0, 0.05) is 18.4 Å². The van der Waals surface area contributed by atoms with Crippen molar-refractivity contribution in [3.8, 4) is 0 Å². The standard InChI is InChI=1S/C10H20BrNO.BrH/c11-5-3-1-2-4-6-12-7-9-13-10-8-12;/h1-10H2;1H. The van der Waals surface area contributed by atoms with E-state index >= 15 is 0 Å². The lowest BCUT2D eigenvalue weighted by atomic mass is 10.2. The fourth-order valence-electron chi connectivity index (χ4n) is 1.61. The average molecular weight is 331 g/mol. The Bertz CT molecular complexity index is 119. The van der Waals surface area contributed by atoms with Crippen LogP contribution in [0.15, 0.2) is 0 Å². The summed E-state index contributed by atoms with van der Waals surface area (Å²) in [6.45, 7) is 5.41. The molecule has 1 fully saturated rings. The number of hydrogen-bond acceptors (Lipinski definition) is 2. The number of morpholine rings is 1. The molecule has 2 nitrogen and oxygen atoms in total. The maximum absolute atomic E-state index is 5.30. The molecule has 1 aliphatic rings. The van der Waals surface area contributed by atoms with Crippen LogP contribution in [0, 0.1) is 0 Å². The zero-order chi connectivity index (χ0) is 9.36. The number of ether oxygens (including phenoxy) is 1. The van der Waals surface area contributed by atoms with E-state index in [0.717, 1.165) is 31.6 Å². The smallest absolute Gasteiger partial charge is 0.0594 e. The summed E-state index contributed by atoms with van der Waals surface area (Å²) in [6.07, 6.45) is 5.43. The van der Waals surface area contributed by atoms with Crippen LogP contribution in [0.5, 0.6) is 0 Å². The van der Waals surface area contributed by atoms with Crippen molar-refractivity contribution < 1.29 is 4.74 Å². The number of alkyl halides is 1. The third kappa shape index (κ3) is 7.21. The maximum Gasteiger partial charge on any atom is 0.0594 e. The number of unbranched alkanes of at least 4 members (excludes halogenated alkanes) is 3. The Labute approximate surface area is 106 Å². The first-order valence-electron chi connectivity index (χ1n) is 5.29. The van der Waals surface area contributed by atoms with Gasteiger partial charge in [0.2, 0.25) is 0 Å². The van der Waals surface area contributed by atoms with Crippen LogP contribution in [-0.2, 0) is 4.74 Å². The zero-order valence-electron chi connectivity index (χ0n) is 8.71. The SMILES string of the molecule is Br.BrCCCCCCN1CCOCC1. The average Bonchev–Trinajstić information content (AvgIpc) is 2.19. The zero-order valence-corrected chi connectivity index (χ0v) is 12.0. The first-order chi connectivity index (χ1) is 6.43. The summed E-state index contributed by atoms with van der Waals surface area (Å²) in [4.78, 5) is 2.51. The van der Waals surface area contributed by atoms with Crippen molar-refractivity contribution >= 4 is 32.9 Å². The molecule has 1 saturated heterocycles. The fourth-order valence-corrected chi connectivity index (χ4v) is 2.00. The highest BCUT2D eigenvalue weighted by Crippen LogP contribution is 2.04. The van der Waals surface area contributed by atoms with Gasteiger partial charge >= 0.3 is 0 Å². The molecule has 0 N–H and O–H groups in total. The summed E-state index contributed by atoms with van der Waals surface area (Å²) in [5.41, 5.74) is 0. The highest BCUT2D eigenvalue weighted by atomic mass is 79.9. The van der Waals surface area contributed by atoms with E-state index in [1.165, 1.54) is 32.2 Å². The van der Waals surface area contributed by atoms with Gasteiger partial charge in [0.05, 0.1) is 13.2 Å². The molecule has 0 radical (unpaired) electrons. The number of hydrogen-bond donors (Lipinski definition) is 0. The van der Waals surface area contributed by atoms with Crippen LogP contribution in [0.3, 0.4) is 0 Å². The van der Waals surface area contributed by atoms with Crippen LogP contribution in [0.4, 0.5) is 0 Å². The van der Waals surface area contributed by atoms with Gasteiger partial charge in [0.1, 0.15) is 0 Å². The third-order valence-electron chi connectivity index (χ3n) is 2.46. The molecule has 0 saturated carbocycles. The minimum absolute atomic E-state index is 0. The molecule has 86 valence electrons. The summed E-state index contributed by atoms with van der Waals surface area (Å²) in [7, 11) is 0. The fraction of sp³-hybridized carbons (Fsp3) is 1.00. The molecular weight excluding hydrogens is 310 g/mol. The van der Waals surface area contributed by atoms with Gasteiger partial charge in [-0.3, -0.25) is 4.90 Å². The first-order valence-corrected chi connectivity index (χ1v) is 6.41. The Morgan fingerprint density at radius 2 is 1.64 bits per heavy atom. The lowest BCUT2D eigenvalue weighted by Gasteiger charge is -2.26. The molecule has 0 bridgehead atoms. The van der Waals surface area contributed by atoms with Crippen molar-refractivity contribution in [2.75, 3.05) is 38.2 Å². The van der Waals surface area contributed by atoms with Crippen molar-refractivity contribution in [3.63, 3.8) is 0 Å². The number of nitrogens with zero attached hydrogens (tertiary/aromatic N) is 1. The van der Waals surface area contributed by atoms with E-state index in [-0.39, 0.29) is 17.0 Å². The summed E-state index contributed by atoms with van der Waals surface area (Å²) < 4.78 is 5.30. The molecule has 4 heteroatoms. The predicted molar refractivity (Wildman–Crippen MR) is 69.8 cm³/mol. The van der Waals surface area contributed by atoms with Gasteiger partial charge < -0.3 is 4.74 Å². The van der Waals surface area contributed by atoms with Gasteiger partial charge in [-0.05, 0) is 19.4 Å². The summed E-state index contributed by atoms with van der Waals surface area (Å²) in [5, 5.41) is 1.16. The quantitative estimate of drug-likeness (QED) is 0.548. The second kappa shape index (κ2) is 10.4. The molecule has 0 amide bonds. The second-order valence-corrected chi connectivity index (χ2v) is 4.35. The Morgan fingerprint density at radius 1 is 1.00 bits per heavy atom. The normalized spacial score (nSPS) is 17.8. The van der Waals surface area contributed by atoms with Crippen molar-refractivity contribution in [2.45, 2.75) is 25.7 Å². The molecule has 0 spiro atoms. The van der Waals surface area contributed by atoms with Gasteiger partial charge in [-0.25, -0.2) is 0 Å². The maximum atomic E-state index is 5.30. The van der Waals surface area contributed by atoms with Crippen LogP contribution >= 0.6 is 32.9 Å². The van der Waals surface area contributed by atoms with Crippen LogP contribution in [0.25, 0.3) is 0 Å². The third-order valence-corrected chi connectivity index (χ3v) is 3.02. The lowest BCUT2D eigenvalue weighted by molar-refractivity contribution is 0.0371. The minimum atomic E-state index is 0. The Morgan fingerprint density at radius 3 is 2.29 bits per heavy atom. The van der Waals surface area contributed by atoms with Crippen LogP contribution < -0.4 is 0 Å². The largest absolute Gasteiger partial charge is 0.379 e. The van der Waals surface area contributed by atoms with Gasteiger partial charge in [0.25, 0.3) is 0 Å². The first kappa shape index (κ1) is 14.9. The molecule has 0 atom stereocenters. The molecule has 1 aliphatic heterocycles. The van der Waals surface area contributed by atoms with Crippen molar-refractivity contribution in [1.29, 1.82) is 0 Å². The summed E-state index contributed by atoms with van der Waals surface area (Å²) >= 11 is 3.45. The van der Waals surface area contributed by atoms with Crippen LogP contribution in [0.2, 0.25) is 0 Å². The van der Waals surface area contributed by atoms with Gasteiger partial charge in [-0.1, -0.05) is 28.8 Å². The number of halogens is 2. The van der Waals surface area contributed by atoms with E-state index in [1.807, 2.05) is 0 Å². The van der Waals surface area contributed by atoms with Gasteiger partial charge in [0.15, 0.2) is 0 Å². The van der Waals surface area contributed by atoms with E-state index in [0.29, 0.717) is 0 Å². The van der Waals surface area contributed by atoms with E-state index in [9.17, 15) is 0 Å². The summed E-state index contributed by atoms with van der Waals surface area (Å²) in [6, 6.07) is 0. The highest BCUT2D eigenvalue weighted by molar-refractivity contribution is 9.09. The van der Waals surface area contributed by atoms with E-state index < -0.39 is 0 Å². The van der Waals surface area contributed by atoms with Crippen molar-refractivity contribution in [2.24, 2.45) is 0 Å². The van der Waals surface area contributed by atoms with E-state index in [1.54, 1.807) is 0 Å². The molecular formula is C10H21Br2NO. The Kier molecular flexibility index (Phi) is 11.1. The minimum Gasteiger partial charge on any atom is -0.379 e. The molecule has 14 heavy (non-hydrogen) atoms. The molecule has 1 rings (SSSR count). The molecule has 0 unspecified atom stereocenters. The lowest BCUT2D eigenvalue weighted by Crippen LogP contribution is -2.36. The second-order valence-electron chi connectivity index (χ2n) is 3.56. The van der Waals surface area contributed by atoms with Crippen LogP contribution in [-0.4, -0.2) is 43.1 Å². The van der Waals surface area contributed by atoms with E-state index in [2.05, 4.69) is 20.8 Å². The molecule has 1 heterocycles. The topological polar surface area (TPSA) is 12.5 Å². The monoisotopic (exact) mass is 329 g/mol. The van der Waals surface area contributed by atoms with Crippen molar-refractivity contribution in [1.82, 2.24) is 4.90 Å². The molecule has 0 aliphatic carbocycles. The van der Waals surface area contributed by atoms with E-state index in [4.69, 9.17) is 4.74 Å². The van der Waals surface area contributed by atoms with Crippen molar-refractivity contribution in [3.05, 3.63) is 0 Å². The van der Waals surface area contributed by atoms with Crippen LogP contribution in [0.1, 0.15) is 25.7 Å². The molecule has 0 aromatic heterocycles. The number of rotatable bonds is 6. The summed E-state index contributed by atoms with van der Waals surface area (Å²) in [5.74, 6) is 0. The Hall–Kier alpha value is 0.880. The van der Waals surface area contributed by atoms with Gasteiger partial charge in [-0.15, -0.1) is 17.0 Å². The predicted octanol–water partition coefficient (Wildman–Crippen LogP) is 2.85. The van der Waals surface area contributed by atoms with Gasteiger partial charge in [-0.2, -0.15) is 0 Å².